The van der Waals surface area contributed by atoms with Crippen molar-refractivity contribution >= 4 is 17.9 Å². The van der Waals surface area contributed by atoms with Crippen molar-refractivity contribution < 1.29 is 53.4 Å². The van der Waals surface area contributed by atoms with Crippen LogP contribution in [0.1, 0.15) is 138 Å². The average Bonchev–Trinajstić information content (AvgIpc) is 3.32. The molecular formula is C52H76N2O11. The zero-order valence-electron chi connectivity index (χ0n) is 39.3. The number of aliphatic hydroxyl groups excluding tert-OH is 3. The molecule has 0 radical (unpaired) electrons. The number of nitrogens with zero attached hydrogens (tertiary/aromatic N) is 2. The normalized spacial score (nSPS) is 22.6. The van der Waals surface area contributed by atoms with E-state index in [0.29, 0.717) is 53.5 Å². The number of methoxy groups -OCH3 is 1. The maximum atomic E-state index is 14.8. The van der Waals surface area contributed by atoms with Crippen molar-refractivity contribution in [1.82, 2.24) is 4.90 Å². The molecule has 65 heavy (non-hydrogen) atoms. The molecule has 0 spiro atoms. The molecule has 1 saturated carbocycles. The van der Waals surface area contributed by atoms with Crippen LogP contribution < -0.4 is 14.2 Å². The fourth-order valence-electron chi connectivity index (χ4n) is 10.3. The van der Waals surface area contributed by atoms with Crippen LogP contribution in [0.15, 0.2) is 65.9 Å². The van der Waals surface area contributed by atoms with E-state index in [1.807, 2.05) is 23.1 Å². The Morgan fingerprint density at radius 1 is 0.892 bits per heavy atom. The van der Waals surface area contributed by atoms with Gasteiger partial charge in [0.05, 0.1) is 50.7 Å². The second-order valence-corrected chi connectivity index (χ2v) is 17.6. The number of fused-ring (bicyclic) bond motifs is 2. The molecule has 360 valence electrons. The van der Waals surface area contributed by atoms with Gasteiger partial charge < -0.3 is 48.7 Å². The van der Waals surface area contributed by atoms with E-state index in [1.54, 1.807) is 24.3 Å². The number of unbranched alkanes of at least 4 members (excludes halogenated alkanes) is 10. The van der Waals surface area contributed by atoms with E-state index in [9.17, 15) is 24.9 Å². The first-order valence-corrected chi connectivity index (χ1v) is 24.2. The quantitative estimate of drug-likeness (QED) is 0.0277. The molecular weight excluding hydrogens is 829 g/mol. The lowest BCUT2D eigenvalue weighted by Crippen LogP contribution is -2.70. The van der Waals surface area contributed by atoms with Crippen LogP contribution in [-0.4, -0.2) is 110 Å². The summed E-state index contributed by atoms with van der Waals surface area (Å²) in [4.78, 5) is 34.2. The van der Waals surface area contributed by atoms with Crippen LogP contribution in [0, 0.1) is 17.8 Å². The number of carbonyl (C=O) groups is 2. The molecule has 2 aliphatic carbocycles. The Balaban J connectivity index is 1.64. The highest BCUT2D eigenvalue weighted by Gasteiger charge is 2.65. The van der Waals surface area contributed by atoms with Crippen molar-refractivity contribution in [1.29, 1.82) is 0 Å². The summed E-state index contributed by atoms with van der Waals surface area (Å²) < 4.78 is 32.1. The van der Waals surface area contributed by atoms with Crippen molar-refractivity contribution in [3.63, 3.8) is 0 Å². The number of amides is 1. The number of aliphatic hydroxyl groups is 3. The molecule has 13 heteroatoms. The maximum Gasteiger partial charge on any atom is 0.239 e. The van der Waals surface area contributed by atoms with Crippen molar-refractivity contribution in [2.24, 2.45) is 22.9 Å². The summed E-state index contributed by atoms with van der Waals surface area (Å²) in [6, 6.07) is 10.2. The maximum absolute atomic E-state index is 14.8. The Morgan fingerprint density at radius 2 is 1.60 bits per heavy atom. The highest BCUT2D eigenvalue weighted by Crippen LogP contribution is 2.62. The van der Waals surface area contributed by atoms with Crippen molar-refractivity contribution in [2.75, 3.05) is 60.4 Å². The van der Waals surface area contributed by atoms with Crippen LogP contribution in [0.2, 0.25) is 0 Å². The average molecular weight is 905 g/mol. The lowest BCUT2D eigenvalue weighted by Gasteiger charge is -2.60. The number of benzene rings is 2. The summed E-state index contributed by atoms with van der Waals surface area (Å²) in [5.74, 6) is 0.0135. The Kier molecular flexibility index (Phi) is 21.8. The predicted octanol–water partition coefficient (Wildman–Crippen LogP) is 9.32. The number of rotatable bonds is 32. The van der Waals surface area contributed by atoms with Gasteiger partial charge in [-0.05, 0) is 85.9 Å². The summed E-state index contributed by atoms with van der Waals surface area (Å²) in [7, 11) is 3.05. The topological polar surface area (TPSA) is 166 Å². The molecule has 1 amide bonds. The lowest BCUT2D eigenvalue weighted by molar-refractivity contribution is -0.258. The van der Waals surface area contributed by atoms with Gasteiger partial charge in [0.1, 0.15) is 36.1 Å². The standard InChI is InChI=1S/C52H76N2O11/c1-5-7-8-9-10-11-12-13-14-21-49(59)54(26-31-62-32-29-57)48-36-45(53-61-4)43-34-38(19-15-17-27-55)42(20-16-18-28-56)50-44-35-41(64-40-22-24-46(60-3)39(33-40)37-58)23-25-47(44)65-52(48,51(43)50)63-30-6-2/h6,22-25,33-35,37-38,42,48,50-51,55-57H,2,5,7-21,26-32,36H2,1,3-4H3/t38-,42+,48-,50+,51+,52+/m0/s1. The van der Waals surface area contributed by atoms with Crippen LogP contribution in [0.5, 0.6) is 23.0 Å². The van der Waals surface area contributed by atoms with Gasteiger partial charge in [-0.2, -0.15) is 0 Å². The number of ether oxygens (including phenoxy) is 5. The number of aldehydes is 1. The third-order valence-corrected chi connectivity index (χ3v) is 13.3. The van der Waals surface area contributed by atoms with Gasteiger partial charge in [0, 0.05) is 44.1 Å². The van der Waals surface area contributed by atoms with Crippen LogP contribution in [0.4, 0.5) is 0 Å². The second-order valence-electron chi connectivity index (χ2n) is 17.6. The Hall–Kier alpha value is -4.27. The number of allylic oxidation sites excluding steroid dienone is 1. The number of hydrogen-bond donors (Lipinski definition) is 3. The molecule has 0 unspecified atom stereocenters. The van der Waals surface area contributed by atoms with Crippen molar-refractivity contribution in [2.45, 2.75) is 134 Å². The molecule has 3 aliphatic rings. The zero-order valence-corrected chi connectivity index (χ0v) is 39.3. The Bertz CT molecular complexity index is 1850. The minimum Gasteiger partial charge on any atom is -0.496 e. The van der Waals surface area contributed by atoms with Gasteiger partial charge in [0.2, 0.25) is 11.7 Å². The molecule has 2 aromatic carbocycles. The first kappa shape index (κ1) is 51.7. The van der Waals surface area contributed by atoms with Gasteiger partial charge >= 0.3 is 0 Å². The van der Waals surface area contributed by atoms with E-state index in [-0.39, 0.29) is 76.3 Å². The summed E-state index contributed by atoms with van der Waals surface area (Å²) in [6.45, 7) is 7.05. The molecule has 13 nitrogen and oxygen atoms in total. The summed E-state index contributed by atoms with van der Waals surface area (Å²) in [5.41, 5.74) is 2.93. The molecule has 1 heterocycles. The third kappa shape index (κ3) is 13.4. The molecule has 0 bridgehead atoms. The SMILES string of the molecule is C=CCO[C@@]12Oc3ccc(Oc4ccc(OC)c(C=O)c4)cc3[C@H]3[C@H](CCCCO)[C@@H](CCCCO)C=C(C(=NOC)C[C@@H]1N(CCOCCO)C(=O)CCCCCCCCCCC)[C@H]32. The molecule has 0 saturated heterocycles. The first-order valence-electron chi connectivity index (χ1n) is 24.2. The highest BCUT2D eigenvalue weighted by atomic mass is 16.7. The van der Waals surface area contributed by atoms with Gasteiger partial charge in [0.15, 0.2) is 6.29 Å². The van der Waals surface area contributed by atoms with E-state index in [1.165, 1.54) is 46.3 Å². The molecule has 1 aliphatic heterocycles. The van der Waals surface area contributed by atoms with Crippen LogP contribution in [0.25, 0.3) is 0 Å². The Labute approximate surface area is 387 Å². The molecule has 0 aromatic heterocycles. The second kappa shape index (κ2) is 27.4. The van der Waals surface area contributed by atoms with Gasteiger partial charge in [-0.25, -0.2) is 0 Å². The van der Waals surface area contributed by atoms with Crippen LogP contribution in [-0.2, 0) is 19.1 Å². The molecule has 1 fully saturated rings. The van der Waals surface area contributed by atoms with Gasteiger partial charge in [-0.1, -0.05) is 88.4 Å². The minimum atomic E-state index is -1.40. The predicted molar refractivity (Wildman–Crippen MR) is 252 cm³/mol. The van der Waals surface area contributed by atoms with Crippen molar-refractivity contribution in [3.05, 3.63) is 71.8 Å². The summed E-state index contributed by atoms with van der Waals surface area (Å²) in [5, 5.41) is 34.2. The smallest absolute Gasteiger partial charge is 0.239 e. The third-order valence-electron chi connectivity index (χ3n) is 13.3. The minimum absolute atomic E-state index is 0.0302. The number of carbonyl (C=O) groups excluding carboxylic acids is 2. The van der Waals surface area contributed by atoms with Gasteiger partial charge in [-0.3, -0.25) is 9.59 Å². The fourth-order valence-corrected chi connectivity index (χ4v) is 10.3. The summed E-state index contributed by atoms with van der Waals surface area (Å²) >= 11 is 0. The van der Waals surface area contributed by atoms with E-state index < -0.39 is 17.7 Å². The zero-order chi connectivity index (χ0) is 46.4. The Morgan fingerprint density at radius 3 is 2.28 bits per heavy atom. The number of oxime groups is 1. The highest BCUT2D eigenvalue weighted by molar-refractivity contribution is 6.03. The van der Waals surface area contributed by atoms with E-state index in [2.05, 4.69) is 19.6 Å². The molecule has 3 N–H and O–H groups in total. The largest absolute Gasteiger partial charge is 0.496 e. The van der Waals surface area contributed by atoms with Gasteiger partial charge in [0.25, 0.3) is 0 Å². The van der Waals surface area contributed by atoms with Crippen molar-refractivity contribution in [3.8, 4) is 23.0 Å². The van der Waals surface area contributed by atoms with Crippen LogP contribution >= 0.6 is 0 Å². The van der Waals surface area contributed by atoms with Gasteiger partial charge in [-0.15, -0.1) is 6.58 Å². The van der Waals surface area contributed by atoms with E-state index in [0.717, 1.165) is 68.8 Å². The molecule has 5 rings (SSSR count). The summed E-state index contributed by atoms with van der Waals surface area (Å²) in [6.07, 6.45) is 20.1. The van der Waals surface area contributed by atoms with E-state index >= 15 is 0 Å². The molecule has 2 aromatic rings. The van der Waals surface area contributed by atoms with Crippen LogP contribution in [0.3, 0.4) is 0 Å². The first-order chi connectivity index (χ1) is 31.8. The number of hydrogen-bond acceptors (Lipinski definition) is 12. The fraction of sp³-hybridized carbons (Fsp3) is 0.635. The molecule has 6 atom stereocenters. The van der Waals surface area contributed by atoms with E-state index in [4.69, 9.17) is 33.7 Å². The monoisotopic (exact) mass is 905 g/mol. The lowest BCUT2D eigenvalue weighted by atomic mass is 9.55.